The summed E-state index contributed by atoms with van der Waals surface area (Å²) in [4.78, 5) is 24.0. The van der Waals surface area contributed by atoms with Crippen LogP contribution in [0.1, 0.15) is 75.6 Å². The average molecular weight is 424 g/mol. The predicted octanol–water partition coefficient (Wildman–Crippen LogP) is 6.02. The van der Waals surface area contributed by atoms with E-state index in [2.05, 4.69) is 25.1 Å². The number of phenolic OH excluding ortho intramolecular Hbond substituents is 1. The summed E-state index contributed by atoms with van der Waals surface area (Å²) in [6, 6.07) is 6.24. The monoisotopic (exact) mass is 423 g/mol. The van der Waals surface area contributed by atoms with Crippen molar-refractivity contribution >= 4 is 5.97 Å². The molecule has 0 spiro atoms. The SMILES string of the molecule is C[C@]12CCC3C(CC=C4CC(OC(=O)c5ccc(O)cc5)CC[C@@]43C)C1CCC2N=O. The Hall–Kier alpha value is -2.17. The molecule has 0 aliphatic heterocycles. The maximum atomic E-state index is 12.6. The van der Waals surface area contributed by atoms with Gasteiger partial charge in [-0.3, -0.25) is 0 Å². The van der Waals surface area contributed by atoms with Gasteiger partial charge < -0.3 is 9.84 Å². The van der Waals surface area contributed by atoms with E-state index in [0.29, 0.717) is 23.3 Å². The number of ether oxygens (including phenoxy) is 1. The van der Waals surface area contributed by atoms with E-state index < -0.39 is 0 Å². The molecule has 0 aromatic heterocycles. The fourth-order valence-electron chi connectivity index (χ4n) is 7.69. The van der Waals surface area contributed by atoms with Gasteiger partial charge in [0.1, 0.15) is 11.9 Å². The number of hydrogen-bond donors (Lipinski definition) is 1. The number of fused-ring (bicyclic) bond motifs is 5. The number of hydrogen-bond acceptors (Lipinski definition) is 5. The van der Waals surface area contributed by atoms with Crippen LogP contribution >= 0.6 is 0 Å². The molecule has 5 heteroatoms. The van der Waals surface area contributed by atoms with Crippen LogP contribution in [0.25, 0.3) is 0 Å². The van der Waals surface area contributed by atoms with Crippen LogP contribution in [0, 0.1) is 33.5 Å². The first-order valence-corrected chi connectivity index (χ1v) is 11.9. The van der Waals surface area contributed by atoms with Crippen LogP contribution < -0.4 is 0 Å². The largest absolute Gasteiger partial charge is 0.508 e. The van der Waals surface area contributed by atoms with Gasteiger partial charge in [-0.2, -0.15) is 4.91 Å². The lowest BCUT2D eigenvalue weighted by Gasteiger charge is -2.57. The van der Waals surface area contributed by atoms with Crippen molar-refractivity contribution in [2.45, 2.75) is 77.4 Å². The Kier molecular flexibility index (Phi) is 4.98. The second-order valence-electron chi connectivity index (χ2n) is 10.8. The molecule has 0 saturated heterocycles. The van der Waals surface area contributed by atoms with Crippen LogP contribution in [-0.2, 0) is 4.74 Å². The molecule has 0 heterocycles. The molecule has 5 nitrogen and oxygen atoms in total. The van der Waals surface area contributed by atoms with Crippen molar-refractivity contribution in [1.29, 1.82) is 0 Å². The number of benzene rings is 1. The Labute approximate surface area is 184 Å². The van der Waals surface area contributed by atoms with E-state index in [1.54, 1.807) is 12.1 Å². The van der Waals surface area contributed by atoms with E-state index in [4.69, 9.17) is 4.74 Å². The second kappa shape index (κ2) is 7.46. The topological polar surface area (TPSA) is 76.0 Å². The number of allylic oxidation sites excluding steroid dienone is 1. The molecule has 0 amide bonds. The molecule has 7 atom stereocenters. The molecule has 0 radical (unpaired) electrons. The molecule has 0 bridgehead atoms. The Morgan fingerprint density at radius 2 is 1.84 bits per heavy atom. The smallest absolute Gasteiger partial charge is 0.338 e. The van der Waals surface area contributed by atoms with E-state index in [1.807, 2.05) is 0 Å². The fourth-order valence-corrected chi connectivity index (χ4v) is 7.69. The van der Waals surface area contributed by atoms with Gasteiger partial charge >= 0.3 is 5.97 Å². The lowest BCUT2D eigenvalue weighted by atomic mass is 9.48. The van der Waals surface area contributed by atoms with Crippen LogP contribution in [0.4, 0.5) is 0 Å². The van der Waals surface area contributed by atoms with Gasteiger partial charge in [0.25, 0.3) is 0 Å². The van der Waals surface area contributed by atoms with Gasteiger partial charge in [0.2, 0.25) is 0 Å². The normalized spacial score (nSPS) is 41.4. The highest BCUT2D eigenvalue weighted by molar-refractivity contribution is 5.89. The highest BCUT2D eigenvalue weighted by Crippen LogP contribution is 2.65. The standard InChI is InChI=1S/C26H33NO4/c1-25-13-11-19(31-24(29)16-3-6-18(28)7-4-16)15-17(25)5-8-20-21-9-10-23(27-30)26(21,2)14-12-22(20)25/h3-7,19-23,28H,8-15H2,1-2H3/t19?,20?,21?,22?,23?,25-,26-/m0/s1. The molecule has 1 N–H and O–H groups in total. The molecule has 5 rings (SSSR count). The van der Waals surface area contributed by atoms with E-state index >= 15 is 0 Å². The quantitative estimate of drug-likeness (QED) is 0.367. The molecular weight excluding hydrogens is 390 g/mol. The maximum absolute atomic E-state index is 12.6. The van der Waals surface area contributed by atoms with Gasteiger partial charge in [-0.1, -0.05) is 30.7 Å². The Bertz CT molecular complexity index is 908. The van der Waals surface area contributed by atoms with E-state index in [0.717, 1.165) is 44.9 Å². The van der Waals surface area contributed by atoms with Crippen molar-refractivity contribution in [1.82, 2.24) is 0 Å². The van der Waals surface area contributed by atoms with Crippen molar-refractivity contribution in [2.75, 3.05) is 0 Å². The second-order valence-corrected chi connectivity index (χ2v) is 10.8. The number of nitroso groups, excluding NO2 is 1. The zero-order valence-electron chi connectivity index (χ0n) is 18.5. The molecule has 3 fully saturated rings. The minimum atomic E-state index is -0.310. The number of carbonyl (C=O) groups excluding carboxylic acids is 1. The summed E-state index contributed by atoms with van der Waals surface area (Å²) in [5, 5.41) is 13.0. The molecule has 3 saturated carbocycles. The summed E-state index contributed by atoms with van der Waals surface area (Å²) in [5.74, 6) is 1.75. The first-order chi connectivity index (χ1) is 14.8. The van der Waals surface area contributed by atoms with Gasteiger partial charge in [0.05, 0.1) is 11.6 Å². The fraction of sp³-hybridized carbons (Fsp3) is 0.654. The van der Waals surface area contributed by atoms with Gasteiger partial charge in [-0.15, -0.1) is 0 Å². The number of carbonyl (C=O) groups is 1. The van der Waals surface area contributed by atoms with Crippen LogP contribution in [-0.4, -0.2) is 23.2 Å². The first-order valence-electron chi connectivity index (χ1n) is 11.9. The summed E-state index contributed by atoms with van der Waals surface area (Å²) in [6.07, 6.45) is 10.6. The third kappa shape index (κ3) is 3.23. The van der Waals surface area contributed by atoms with Gasteiger partial charge in [0, 0.05) is 6.42 Å². The molecule has 5 unspecified atom stereocenters. The van der Waals surface area contributed by atoms with Gasteiger partial charge in [-0.25, -0.2) is 4.79 Å². The minimum absolute atomic E-state index is 0.00770. The third-order valence-corrected chi connectivity index (χ3v) is 9.51. The van der Waals surface area contributed by atoms with Gasteiger partial charge in [-0.05, 0) is 97.8 Å². The molecule has 1 aromatic carbocycles. The molecule has 4 aliphatic carbocycles. The molecule has 4 aliphatic rings. The molecule has 166 valence electrons. The van der Waals surface area contributed by atoms with Crippen LogP contribution in [0.2, 0.25) is 0 Å². The summed E-state index contributed by atoms with van der Waals surface area (Å²) in [7, 11) is 0. The van der Waals surface area contributed by atoms with Crippen molar-refractivity contribution in [3.05, 3.63) is 46.4 Å². The highest BCUT2D eigenvalue weighted by Gasteiger charge is 2.59. The summed E-state index contributed by atoms with van der Waals surface area (Å²) in [5.41, 5.74) is 2.21. The lowest BCUT2D eigenvalue weighted by molar-refractivity contribution is -0.0440. The Morgan fingerprint density at radius 1 is 1.06 bits per heavy atom. The van der Waals surface area contributed by atoms with E-state index in [-0.39, 0.29) is 34.7 Å². The summed E-state index contributed by atoms with van der Waals surface area (Å²) in [6.45, 7) is 4.74. The van der Waals surface area contributed by atoms with Crippen molar-refractivity contribution in [3.63, 3.8) is 0 Å². The highest BCUT2D eigenvalue weighted by atomic mass is 16.5. The number of nitrogens with zero attached hydrogens (tertiary/aromatic N) is 1. The summed E-state index contributed by atoms with van der Waals surface area (Å²) < 4.78 is 5.85. The predicted molar refractivity (Wildman–Crippen MR) is 119 cm³/mol. The third-order valence-electron chi connectivity index (χ3n) is 9.51. The molecule has 31 heavy (non-hydrogen) atoms. The minimum Gasteiger partial charge on any atom is -0.508 e. The maximum Gasteiger partial charge on any atom is 0.338 e. The first kappa shape index (κ1) is 20.7. The number of rotatable bonds is 3. The van der Waals surface area contributed by atoms with Crippen LogP contribution in [0.15, 0.2) is 41.1 Å². The van der Waals surface area contributed by atoms with E-state index in [1.165, 1.54) is 24.1 Å². The van der Waals surface area contributed by atoms with Gasteiger partial charge in [0.15, 0.2) is 0 Å². The van der Waals surface area contributed by atoms with Crippen molar-refractivity contribution < 1.29 is 14.6 Å². The number of phenols is 1. The Balaban J connectivity index is 1.31. The van der Waals surface area contributed by atoms with E-state index in [9.17, 15) is 14.8 Å². The Morgan fingerprint density at radius 3 is 2.58 bits per heavy atom. The molecule has 1 aromatic rings. The average Bonchev–Trinajstić information content (AvgIpc) is 3.10. The lowest BCUT2D eigenvalue weighted by Crippen LogP contribution is -2.51. The van der Waals surface area contributed by atoms with Crippen molar-refractivity contribution in [2.24, 2.45) is 33.8 Å². The van der Waals surface area contributed by atoms with Crippen LogP contribution in [0.3, 0.4) is 0 Å². The summed E-state index contributed by atoms with van der Waals surface area (Å²) >= 11 is 0. The van der Waals surface area contributed by atoms with Crippen molar-refractivity contribution in [3.8, 4) is 5.75 Å². The molecular formula is C26H33NO4. The van der Waals surface area contributed by atoms with Crippen LogP contribution in [0.5, 0.6) is 5.75 Å². The zero-order chi connectivity index (χ0) is 21.8. The zero-order valence-corrected chi connectivity index (χ0v) is 18.5. The number of aromatic hydroxyl groups is 1. The number of esters is 1.